The summed E-state index contributed by atoms with van der Waals surface area (Å²) in [6, 6.07) is 2.11. The Morgan fingerprint density at radius 1 is 1.54 bits per heavy atom. The van der Waals surface area contributed by atoms with Gasteiger partial charge in [0.15, 0.2) is 0 Å². The van der Waals surface area contributed by atoms with Gasteiger partial charge < -0.3 is 0 Å². The molecule has 1 aromatic heterocycles. The van der Waals surface area contributed by atoms with E-state index in [2.05, 4.69) is 16.2 Å². The first-order valence-electron chi connectivity index (χ1n) is 4.21. The molecule has 4 nitrogen and oxygen atoms in total. The molecular weight excluding hydrogens is 164 g/mol. The second kappa shape index (κ2) is 2.70. The predicted molar refractivity (Wildman–Crippen MR) is 48.7 cm³/mol. The van der Waals surface area contributed by atoms with Crippen molar-refractivity contribution in [2.24, 2.45) is 12.0 Å². The normalized spacial score (nSPS) is 14.7. The van der Waals surface area contributed by atoms with Crippen LogP contribution in [0.1, 0.15) is 17.0 Å². The number of hydrogen-bond donors (Lipinski definition) is 0. The van der Waals surface area contributed by atoms with E-state index in [-0.39, 0.29) is 0 Å². The van der Waals surface area contributed by atoms with Gasteiger partial charge in [0.2, 0.25) is 0 Å². The van der Waals surface area contributed by atoms with Gasteiger partial charge in [-0.15, -0.1) is 0 Å². The molecule has 1 aromatic rings. The first-order valence-corrected chi connectivity index (χ1v) is 4.21. The van der Waals surface area contributed by atoms with E-state index < -0.39 is 0 Å². The molecule has 0 aromatic carbocycles. The second-order valence-electron chi connectivity index (χ2n) is 3.12. The molecular formula is C9H10N4. The van der Waals surface area contributed by atoms with Crippen molar-refractivity contribution in [1.82, 2.24) is 9.78 Å². The summed E-state index contributed by atoms with van der Waals surface area (Å²) in [6.45, 7) is 2.62. The molecule has 0 spiro atoms. The highest BCUT2D eigenvalue weighted by molar-refractivity contribution is 6.13. The molecule has 0 radical (unpaired) electrons. The predicted octanol–water partition coefficient (Wildman–Crippen LogP) is 0.597. The highest BCUT2D eigenvalue weighted by atomic mass is 15.3. The maximum absolute atomic E-state index is 8.85. The van der Waals surface area contributed by atoms with Gasteiger partial charge in [0.05, 0.1) is 17.0 Å². The van der Waals surface area contributed by atoms with Gasteiger partial charge in [-0.25, -0.2) is 0 Å². The number of aliphatic imine (C=N–C) groups is 1. The van der Waals surface area contributed by atoms with Gasteiger partial charge in [-0.3, -0.25) is 9.67 Å². The average Bonchev–Trinajstić information content (AvgIpc) is 2.43. The lowest BCUT2D eigenvalue weighted by molar-refractivity contribution is 0.698. The Hall–Kier alpha value is -1.63. The quantitative estimate of drug-likeness (QED) is 0.578. The van der Waals surface area contributed by atoms with Gasteiger partial charge in [-0.1, -0.05) is 0 Å². The zero-order chi connectivity index (χ0) is 9.42. The first-order chi connectivity index (χ1) is 6.24. The van der Waals surface area contributed by atoms with E-state index in [0.29, 0.717) is 12.3 Å². The van der Waals surface area contributed by atoms with Crippen LogP contribution < -0.4 is 0 Å². The maximum Gasteiger partial charge on any atom is 0.146 e. The number of aryl methyl sites for hydroxylation is 2. The summed E-state index contributed by atoms with van der Waals surface area (Å²) in [4.78, 5) is 4.17. The third kappa shape index (κ3) is 1.04. The zero-order valence-electron chi connectivity index (χ0n) is 7.70. The van der Waals surface area contributed by atoms with E-state index in [1.54, 1.807) is 0 Å². The van der Waals surface area contributed by atoms with Crippen molar-refractivity contribution in [3.63, 3.8) is 0 Å². The van der Waals surface area contributed by atoms with Crippen molar-refractivity contribution in [3.8, 4) is 6.07 Å². The molecule has 0 saturated carbocycles. The smallest absolute Gasteiger partial charge is 0.146 e. The van der Waals surface area contributed by atoms with Crippen molar-refractivity contribution >= 4 is 5.71 Å². The van der Waals surface area contributed by atoms with Crippen molar-refractivity contribution in [3.05, 3.63) is 17.0 Å². The standard InChI is InChI=1S/C9H10N4/c1-6-9-7(5-10)11-4-3-8(9)13(2)12-6/h3-4H2,1-2H3. The van der Waals surface area contributed by atoms with Crippen LogP contribution in [0.5, 0.6) is 0 Å². The number of hydrogen-bond acceptors (Lipinski definition) is 3. The van der Waals surface area contributed by atoms with Crippen LogP contribution in [0.4, 0.5) is 0 Å². The van der Waals surface area contributed by atoms with Crippen LogP contribution in [-0.4, -0.2) is 22.0 Å². The molecule has 0 aliphatic carbocycles. The van der Waals surface area contributed by atoms with Crippen molar-refractivity contribution < 1.29 is 0 Å². The van der Waals surface area contributed by atoms with Gasteiger partial charge in [0, 0.05) is 20.0 Å². The number of nitrogens with zero attached hydrogens (tertiary/aromatic N) is 4. The molecule has 0 atom stereocenters. The van der Waals surface area contributed by atoms with Gasteiger partial charge in [0.1, 0.15) is 11.8 Å². The van der Waals surface area contributed by atoms with E-state index in [1.807, 2.05) is 18.7 Å². The highest BCUT2D eigenvalue weighted by Crippen LogP contribution is 2.18. The molecule has 0 amide bonds. The Kier molecular flexibility index (Phi) is 1.66. The van der Waals surface area contributed by atoms with E-state index in [0.717, 1.165) is 23.4 Å². The maximum atomic E-state index is 8.85. The fraction of sp³-hybridized carbons (Fsp3) is 0.444. The van der Waals surface area contributed by atoms with E-state index >= 15 is 0 Å². The number of nitriles is 1. The first kappa shape index (κ1) is 7.99. The van der Waals surface area contributed by atoms with Crippen LogP contribution in [0.15, 0.2) is 4.99 Å². The third-order valence-corrected chi connectivity index (χ3v) is 2.30. The Labute approximate surface area is 76.5 Å². The van der Waals surface area contributed by atoms with Gasteiger partial charge >= 0.3 is 0 Å². The largest absolute Gasteiger partial charge is 0.273 e. The summed E-state index contributed by atoms with van der Waals surface area (Å²) in [5.41, 5.74) is 3.50. The molecule has 66 valence electrons. The lowest BCUT2D eigenvalue weighted by atomic mass is 10.0. The molecule has 2 heterocycles. The zero-order valence-corrected chi connectivity index (χ0v) is 7.70. The monoisotopic (exact) mass is 174 g/mol. The van der Waals surface area contributed by atoms with E-state index in [1.165, 1.54) is 0 Å². The van der Waals surface area contributed by atoms with Gasteiger partial charge in [-0.2, -0.15) is 10.4 Å². The molecule has 0 fully saturated rings. The lowest BCUT2D eigenvalue weighted by Gasteiger charge is -2.08. The van der Waals surface area contributed by atoms with Gasteiger partial charge in [-0.05, 0) is 6.92 Å². The third-order valence-electron chi connectivity index (χ3n) is 2.30. The van der Waals surface area contributed by atoms with Crippen molar-refractivity contribution in [1.29, 1.82) is 5.26 Å². The fourth-order valence-corrected chi connectivity index (χ4v) is 1.74. The Morgan fingerprint density at radius 3 is 3.00 bits per heavy atom. The molecule has 0 bridgehead atoms. The Balaban J connectivity index is 2.67. The van der Waals surface area contributed by atoms with Crippen molar-refractivity contribution in [2.45, 2.75) is 13.3 Å². The second-order valence-corrected chi connectivity index (χ2v) is 3.12. The molecule has 4 heteroatoms. The summed E-state index contributed by atoms with van der Waals surface area (Å²) in [6.07, 6.45) is 0.887. The van der Waals surface area contributed by atoms with Crippen molar-refractivity contribution in [2.75, 3.05) is 6.54 Å². The van der Waals surface area contributed by atoms with Crippen LogP contribution in [-0.2, 0) is 13.5 Å². The molecule has 0 N–H and O–H groups in total. The van der Waals surface area contributed by atoms with Crippen LogP contribution in [0.3, 0.4) is 0 Å². The minimum atomic E-state index is 0.534. The van der Waals surface area contributed by atoms with Crippen LogP contribution in [0, 0.1) is 18.3 Å². The summed E-state index contributed by atoms with van der Waals surface area (Å²) in [5.74, 6) is 0. The summed E-state index contributed by atoms with van der Waals surface area (Å²) >= 11 is 0. The average molecular weight is 174 g/mol. The minimum Gasteiger partial charge on any atom is -0.273 e. The molecule has 1 aliphatic heterocycles. The van der Waals surface area contributed by atoms with Gasteiger partial charge in [0.25, 0.3) is 0 Å². The molecule has 1 aliphatic rings. The Morgan fingerprint density at radius 2 is 2.31 bits per heavy atom. The van der Waals surface area contributed by atoms with E-state index in [9.17, 15) is 0 Å². The number of fused-ring (bicyclic) bond motifs is 1. The molecule has 0 saturated heterocycles. The molecule has 2 rings (SSSR count). The summed E-state index contributed by atoms with van der Waals surface area (Å²) in [5, 5.41) is 13.1. The molecule has 0 unspecified atom stereocenters. The number of aromatic nitrogens is 2. The molecule has 13 heavy (non-hydrogen) atoms. The lowest BCUT2D eigenvalue weighted by Crippen LogP contribution is -2.13. The van der Waals surface area contributed by atoms with Crippen LogP contribution in [0.2, 0.25) is 0 Å². The summed E-state index contributed by atoms with van der Waals surface area (Å²) < 4.78 is 1.84. The highest BCUT2D eigenvalue weighted by Gasteiger charge is 2.20. The topological polar surface area (TPSA) is 54.0 Å². The van der Waals surface area contributed by atoms with Crippen LogP contribution in [0.25, 0.3) is 0 Å². The van der Waals surface area contributed by atoms with E-state index in [4.69, 9.17) is 5.26 Å². The Bertz CT molecular complexity index is 420. The van der Waals surface area contributed by atoms with Crippen LogP contribution >= 0.6 is 0 Å². The summed E-state index contributed by atoms with van der Waals surface area (Å²) in [7, 11) is 1.91. The minimum absolute atomic E-state index is 0.534. The SMILES string of the molecule is Cc1nn(C)c2c1C(C#N)=NCC2. The fourth-order valence-electron chi connectivity index (χ4n) is 1.74. The number of rotatable bonds is 0.